The molecule has 0 bridgehead atoms. The molecule has 3 rings (SSSR count). The number of anilines is 2. The first kappa shape index (κ1) is 31.8. The molecule has 206 valence electrons. The number of hydrogen-bond acceptors (Lipinski definition) is 6. The number of nitrogens with zero attached hydrogens (tertiary/aromatic N) is 4. The summed E-state index contributed by atoms with van der Waals surface area (Å²) in [4.78, 5) is 9.16. The average Bonchev–Trinajstić information content (AvgIpc) is 3.13. The molecule has 1 saturated heterocycles. The van der Waals surface area contributed by atoms with Gasteiger partial charge in [0, 0.05) is 6.42 Å². The molecule has 0 aliphatic carbocycles. The van der Waals surface area contributed by atoms with Gasteiger partial charge in [0.15, 0.2) is 0 Å². The maximum absolute atomic E-state index is 9.76. The summed E-state index contributed by atoms with van der Waals surface area (Å²) in [5, 5.41) is 19.5. The van der Waals surface area contributed by atoms with Crippen LogP contribution in [-0.4, -0.2) is 78.2 Å². The van der Waals surface area contributed by atoms with Crippen molar-refractivity contribution in [1.82, 2.24) is 9.62 Å². The van der Waals surface area contributed by atoms with Crippen LogP contribution in [0.1, 0.15) is 48.0 Å². The quantitative estimate of drug-likeness (QED) is 0.390. The summed E-state index contributed by atoms with van der Waals surface area (Å²) in [5.74, 6) is 0. The van der Waals surface area contributed by atoms with Gasteiger partial charge in [-0.1, -0.05) is 41.5 Å². The Balaban J connectivity index is 0.000000317. The summed E-state index contributed by atoms with van der Waals surface area (Å²) >= 11 is 3.52. The second kappa shape index (κ2) is 13.1. The van der Waals surface area contributed by atoms with Crippen molar-refractivity contribution in [3.05, 3.63) is 60.7 Å². The summed E-state index contributed by atoms with van der Waals surface area (Å²) in [5.41, 5.74) is 1.94. The summed E-state index contributed by atoms with van der Waals surface area (Å²) in [6, 6.07) is 22.0. The minimum absolute atomic E-state index is 0.147. The van der Waals surface area contributed by atoms with Gasteiger partial charge in [0.1, 0.15) is 0 Å². The van der Waals surface area contributed by atoms with Gasteiger partial charge < -0.3 is 10.2 Å². The Morgan fingerprint density at radius 3 is 1.65 bits per heavy atom. The van der Waals surface area contributed by atoms with E-state index in [0.717, 1.165) is 9.92 Å². The van der Waals surface area contributed by atoms with E-state index < -0.39 is 12.2 Å². The fourth-order valence-electron chi connectivity index (χ4n) is 4.11. The van der Waals surface area contributed by atoms with E-state index in [-0.39, 0.29) is 24.6 Å². The van der Waals surface area contributed by atoms with Crippen LogP contribution in [0, 0.1) is 16.9 Å². The van der Waals surface area contributed by atoms with Crippen LogP contribution in [0.3, 0.4) is 0 Å². The first-order chi connectivity index (χ1) is 17.1. The molecule has 0 amide bonds. The van der Waals surface area contributed by atoms with Crippen molar-refractivity contribution in [2.75, 3.05) is 37.8 Å². The molecule has 2 unspecified atom stereocenters. The molecule has 0 radical (unpaired) electrons. The predicted octanol–water partition coefficient (Wildman–Crippen LogP) is 3.82. The van der Waals surface area contributed by atoms with E-state index in [1.807, 2.05) is 59.7 Å². The van der Waals surface area contributed by atoms with Gasteiger partial charge in [0.05, 0.1) is 12.2 Å². The zero-order valence-corrected chi connectivity index (χ0v) is 25.8. The van der Waals surface area contributed by atoms with E-state index in [9.17, 15) is 10.2 Å². The Kier molecular flexibility index (Phi) is 11.2. The van der Waals surface area contributed by atoms with Crippen LogP contribution in [-0.2, 0) is 18.7 Å². The average molecular weight is 598 g/mol. The molecular formula is C28H45B2N4O2Pd-. The molecule has 0 spiro atoms. The van der Waals surface area contributed by atoms with Gasteiger partial charge in [-0.2, -0.15) is 0 Å². The molecule has 9 heteroatoms. The third-order valence-electron chi connectivity index (χ3n) is 6.65. The number of hydrogen-bond donors (Lipinski definition) is 2. The van der Waals surface area contributed by atoms with Gasteiger partial charge in [-0.05, 0) is 10.8 Å². The van der Waals surface area contributed by atoms with Gasteiger partial charge in [0.25, 0.3) is 0 Å². The van der Waals surface area contributed by atoms with Crippen LogP contribution >= 0.6 is 0 Å². The van der Waals surface area contributed by atoms with Crippen molar-refractivity contribution in [3.63, 3.8) is 0 Å². The fraction of sp³-hybridized carbons (Fsp3) is 0.536. The molecule has 2 N–H and O–H groups in total. The summed E-state index contributed by atoms with van der Waals surface area (Å²) in [6.45, 7) is 12.2. The number of rotatable bonds is 6. The predicted molar refractivity (Wildman–Crippen MR) is 156 cm³/mol. The molecular weight excluding hydrogens is 552 g/mol. The molecule has 1 aliphatic rings. The number of benzene rings is 2. The Morgan fingerprint density at radius 2 is 1.24 bits per heavy atom. The molecule has 1 heterocycles. The topological polar surface area (TPSA) is 53.4 Å². The van der Waals surface area contributed by atoms with Gasteiger partial charge in [-0.15, -0.1) is 0 Å². The van der Waals surface area contributed by atoms with E-state index >= 15 is 0 Å². The Morgan fingerprint density at radius 1 is 0.784 bits per heavy atom. The second-order valence-corrected chi connectivity index (χ2v) is 13.0. The van der Waals surface area contributed by atoms with Gasteiger partial charge in [-0.25, -0.2) is 0 Å². The Hall–Kier alpha value is -1.46. The molecule has 1 aliphatic heterocycles. The monoisotopic (exact) mass is 597 g/mol. The molecule has 0 aromatic heterocycles. The number of para-hydroxylation sites is 2. The van der Waals surface area contributed by atoms with Crippen LogP contribution in [0.2, 0.25) is 0 Å². The van der Waals surface area contributed by atoms with Crippen molar-refractivity contribution in [3.8, 4) is 0 Å². The number of aliphatic hydroxyl groups excluding tert-OH is 2. The van der Waals surface area contributed by atoms with Crippen LogP contribution in [0.4, 0.5) is 11.4 Å². The van der Waals surface area contributed by atoms with Crippen LogP contribution in [0.15, 0.2) is 54.6 Å². The molecule has 2 aromatic carbocycles. The maximum atomic E-state index is 9.76. The van der Waals surface area contributed by atoms with Crippen molar-refractivity contribution in [2.24, 2.45) is 10.8 Å². The molecule has 6 nitrogen and oxygen atoms in total. The Bertz CT molecular complexity index is 904. The Labute approximate surface area is 236 Å². The van der Waals surface area contributed by atoms with Gasteiger partial charge in [0.2, 0.25) is 0 Å². The summed E-state index contributed by atoms with van der Waals surface area (Å²) in [6.07, 6.45) is -0.434. The zero-order valence-electron chi connectivity index (χ0n) is 24.2. The van der Waals surface area contributed by atoms with E-state index in [2.05, 4.69) is 109 Å². The first-order valence-corrected chi connectivity index (χ1v) is 13.6. The third-order valence-corrected chi connectivity index (χ3v) is 7.40. The van der Waals surface area contributed by atoms with Crippen molar-refractivity contribution in [2.45, 2.75) is 60.2 Å². The van der Waals surface area contributed by atoms with Gasteiger partial charge in [-0.3, -0.25) is 0 Å². The first-order valence-electron chi connectivity index (χ1n) is 12.9. The van der Waals surface area contributed by atoms with Crippen molar-refractivity contribution >= 4 is 29.4 Å². The third kappa shape index (κ3) is 8.26. The van der Waals surface area contributed by atoms with E-state index in [1.165, 1.54) is 5.69 Å². The van der Waals surface area contributed by atoms with Crippen LogP contribution < -0.4 is 9.62 Å². The van der Waals surface area contributed by atoms with E-state index in [4.69, 9.17) is 0 Å². The van der Waals surface area contributed by atoms with Crippen LogP contribution in [0.5, 0.6) is 0 Å². The normalized spacial score (nSPS) is 16.4. The molecule has 2 aromatic rings. The van der Waals surface area contributed by atoms with Gasteiger partial charge >= 0.3 is 156 Å². The number of aliphatic hydroxyl groups is 2. The molecule has 1 fully saturated rings. The zero-order chi connectivity index (χ0) is 28.1. The van der Waals surface area contributed by atoms with Crippen molar-refractivity contribution < 1.29 is 29.0 Å². The molecule has 2 atom stereocenters. The minimum atomic E-state index is -0.443. The van der Waals surface area contributed by atoms with Crippen LogP contribution in [0.25, 0.3) is 0 Å². The van der Waals surface area contributed by atoms with E-state index in [1.54, 1.807) is 0 Å². The molecule has 0 saturated carbocycles. The fourth-order valence-corrected chi connectivity index (χ4v) is 4.91. The SMILES string of the molecule is CC(C)(C)C(O)CC(O)C(C)(C)C.CN(C)B1B(N(C)C)N(c2ccccc2)[C](=[Pd])N1c1[c-]cccc1. The molecule has 37 heavy (non-hydrogen) atoms. The second-order valence-electron chi connectivity index (χ2n) is 12.3. The van der Waals surface area contributed by atoms with E-state index in [0.29, 0.717) is 6.42 Å². The standard InChI is InChI=1S/C17H21B2N4.C11H24O2.Pd/c1-20(2)18-19(21(3)4)23(17-13-9-6-10-14-17)15-22(18)16-11-7-5-8-12-16;1-10(2,3)8(12)7-9(13)11(4,5)6;/h5-13H,1-4H3;8-9,12-13H,7H2,1-6H3;/q-1;;. The summed E-state index contributed by atoms with van der Waals surface area (Å²) < 4.78 is 1.06. The summed E-state index contributed by atoms with van der Waals surface area (Å²) in [7, 11) is 8.49. The van der Waals surface area contributed by atoms with Crippen molar-refractivity contribution in [1.29, 1.82) is 0 Å².